The zero-order valence-electron chi connectivity index (χ0n) is 7.84. The van der Waals surface area contributed by atoms with Crippen molar-refractivity contribution in [2.24, 2.45) is 5.92 Å². The molecule has 0 bridgehead atoms. The maximum Gasteiger partial charge on any atom is 0.311 e. The minimum absolute atomic E-state index is 0.00859. The highest BCUT2D eigenvalue weighted by molar-refractivity contribution is 5.75. The van der Waals surface area contributed by atoms with Gasteiger partial charge in [-0.15, -0.1) is 0 Å². The molecule has 1 N–H and O–H groups in total. The Labute approximate surface area is 77.6 Å². The van der Waals surface area contributed by atoms with Crippen LogP contribution in [0.2, 0.25) is 0 Å². The van der Waals surface area contributed by atoms with E-state index in [2.05, 4.69) is 5.32 Å². The number of methoxy groups -OCH3 is 1. The summed E-state index contributed by atoms with van der Waals surface area (Å²) in [6, 6.07) is 0. The molecule has 4 nitrogen and oxygen atoms in total. The van der Waals surface area contributed by atoms with Crippen LogP contribution in [0.25, 0.3) is 0 Å². The summed E-state index contributed by atoms with van der Waals surface area (Å²) >= 11 is 0. The van der Waals surface area contributed by atoms with Gasteiger partial charge in [0.2, 0.25) is 0 Å². The fourth-order valence-electron chi connectivity index (χ4n) is 2.20. The third-order valence-electron chi connectivity index (χ3n) is 3.20. The van der Waals surface area contributed by atoms with Crippen LogP contribution in [-0.2, 0) is 14.3 Å². The average molecular weight is 185 g/mol. The van der Waals surface area contributed by atoms with Crippen molar-refractivity contribution in [2.75, 3.05) is 26.9 Å². The van der Waals surface area contributed by atoms with Crippen molar-refractivity contribution in [1.29, 1.82) is 0 Å². The zero-order valence-corrected chi connectivity index (χ0v) is 7.84. The van der Waals surface area contributed by atoms with Gasteiger partial charge in [0.15, 0.2) is 0 Å². The number of rotatable bonds is 1. The summed E-state index contributed by atoms with van der Waals surface area (Å²) in [4.78, 5) is 11.4. The van der Waals surface area contributed by atoms with Gasteiger partial charge >= 0.3 is 5.97 Å². The predicted octanol–water partition coefficient (Wildman–Crippen LogP) is -0.0720. The summed E-state index contributed by atoms with van der Waals surface area (Å²) in [7, 11) is 1.45. The van der Waals surface area contributed by atoms with E-state index in [1.807, 2.05) is 0 Å². The van der Waals surface area contributed by atoms with Crippen LogP contribution in [0.1, 0.15) is 12.8 Å². The van der Waals surface area contributed by atoms with Crippen LogP contribution in [0.3, 0.4) is 0 Å². The molecule has 0 radical (unpaired) electrons. The van der Waals surface area contributed by atoms with E-state index in [0.717, 1.165) is 32.6 Å². The molecule has 0 aliphatic carbocycles. The number of hydrogen-bond donors (Lipinski definition) is 1. The molecule has 2 fully saturated rings. The van der Waals surface area contributed by atoms with E-state index in [0.29, 0.717) is 0 Å². The van der Waals surface area contributed by atoms with Gasteiger partial charge in [0.25, 0.3) is 0 Å². The average Bonchev–Trinajstić information content (AvgIpc) is 2.17. The van der Waals surface area contributed by atoms with E-state index in [1.165, 1.54) is 7.11 Å². The van der Waals surface area contributed by atoms with Gasteiger partial charge in [0.05, 0.1) is 13.0 Å². The lowest BCUT2D eigenvalue weighted by molar-refractivity contribution is -0.156. The van der Waals surface area contributed by atoms with Crippen LogP contribution >= 0.6 is 0 Å². The minimum Gasteiger partial charge on any atom is -0.469 e. The molecule has 2 rings (SSSR count). The van der Waals surface area contributed by atoms with Crippen molar-refractivity contribution in [3.05, 3.63) is 0 Å². The van der Waals surface area contributed by atoms with Gasteiger partial charge in [-0.3, -0.25) is 4.79 Å². The largest absolute Gasteiger partial charge is 0.469 e. The molecule has 0 saturated carbocycles. The Morgan fingerprint density at radius 2 is 2.23 bits per heavy atom. The van der Waals surface area contributed by atoms with E-state index in [9.17, 15) is 4.79 Å². The van der Waals surface area contributed by atoms with E-state index in [4.69, 9.17) is 9.47 Å². The molecule has 2 aliphatic heterocycles. The van der Waals surface area contributed by atoms with Gasteiger partial charge in [-0.25, -0.2) is 0 Å². The molecule has 1 spiro atoms. The molecular weight excluding hydrogens is 170 g/mol. The molecule has 13 heavy (non-hydrogen) atoms. The Hall–Kier alpha value is -0.610. The van der Waals surface area contributed by atoms with E-state index in [1.54, 1.807) is 0 Å². The van der Waals surface area contributed by atoms with Crippen LogP contribution < -0.4 is 5.32 Å². The highest BCUT2D eigenvalue weighted by Gasteiger charge is 2.51. The second-order valence-electron chi connectivity index (χ2n) is 3.73. The number of carbonyl (C=O) groups excluding carboxylic acids is 1. The van der Waals surface area contributed by atoms with Crippen molar-refractivity contribution < 1.29 is 14.3 Å². The van der Waals surface area contributed by atoms with E-state index >= 15 is 0 Å². The normalized spacial score (nSPS) is 31.0. The maximum absolute atomic E-state index is 11.4. The molecule has 0 aromatic carbocycles. The predicted molar refractivity (Wildman–Crippen MR) is 46.3 cm³/mol. The van der Waals surface area contributed by atoms with Crippen molar-refractivity contribution in [2.45, 2.75) is 18.4 Å². The quantitative estimate of drug-likeness (QED) is 0.581. The molecule has 0 aromatic rings. The summed E-state index contributed by atoms with van der Waals surface area (Å²) in [5.74, 6) is -0.0398. The van der Waals surface area contributed by atoms with Crippen LogP contribution in [0, 0.1) is 5.92 Å². The third-order valence-corrected chi connectivity index (χ3v) is 3.20. The second kappa shape index (κ2) is 3.27. The Balaban J connectivity index is 2.02. The Morgan fingerprint density at radius 1 is 1.54 bits per heavy atom. The number of carbonyl (C=O) groups is 1. The molecule has 0 aromatic heterocycles. The Morgan fingerprint density at radius 3 is 2.69 bits per heavy atom. The molecule has 4 heteroatoms. The Bertz CT molecular complexity index is 211. The number of esters is 1. The van der Waals surface area contributed by atoms with E-state index in [-0.39, 0.29) is 17.4 Å². The summed E-state index contributed by atoms with van der Waals surface area (Å²) < 4.78 is 10.0. The monoisotopic (exact) mass is 185 g/mol. The second-order valence-corrected chi connectivity index (χ2v) is 3.73. The van der Waals surface area contributed by atoms with Gasteiger partial charge < -0.3 is 14.8 Å². The lowest BCUT2D eigenvalue weighted by atomic mass is 9.71. The topological polar surface area (TPSA) is 47.6 Å². The highest BCUT2D eigenvalue weighted by Crippen LogP contribution is 2.36. The maximum atomic E-state index is 11.4. The molecule has 2 heterocycles. The number of ether oxygens (including phenoxy) is 2. The third kappa shape index (κ3) is 1.34. The van der Waals surface area contributed by atoms with Crippen LogP contribution in [0.15, 0.2) is 0 Å². The summed E-state index contributed by atoms with van der Waals surface area (Å²) in [6.45, 7) is 2.26. The first-order valence-electron chi connectivity index (χ1n) is 4.69. The number of hydrogen-bond acceptors (Lipinski definition) is 4. The van der Waals surface area contributed by atoms with Crippen molar-refractivity contribution in [1.82, 2.24) is 5.32 Å². The van der Waals surface area contributed by atoms with Crippen molar-refractivity contribution in [3.63, 3.8) is 0 Å². The van der Waals surface area contributed by atoms with Crippen LogP contribution in [0.5, 0.6) is 0 Å². The fraction of sp³-hybridized carbons (Fsp3) is 0.889. The highest BCUT2D eigenvalue weighted by atomic mass is 16.5. The minimum atomic E-state index is -0.0827. The molecule has 1 unspecified atom stereocenters. The molecular formula is C9H15NO3. The summed E-state index contributed by atoms with van der Waals surface area (Å²) in [6.07, 6.45) is 1.85. The van der Waals surface area contributed by atoms with Crippen LogP contribution in [0.4, 0.5) is 0 Å². The SMILES string of the molecule is COC(=O)C1CNC12CCOCC2. The van der Waals surface area contributed by atoms with Crippen molar-refractivity contribution >= 4 is 5.97 Å². The first-order chi connectivity index (χ1) is 6.28. The Kier molecular flexibility index (Phi) is 2.26. The van der Waals surface area contributed by atoms with E-state index < -0.39 is 0 Å². The van der Waals surface area contributed by atoms with Gasteiger partial charge in [-0.2, -0.15) is 0 Å². The molecule has 2 aliphatic rings. The van der Waals surface area contributed by atoms with Gasteiger partial charge in [0, 0.05) is 25.3 Å². The smallest absolute Gasteiger partial charge is 0.311 e. The summed E-state index contributed by atoms with van der Waals surface area (Å²) in [5.41, 5.74) is -0.00859. The lowest BCUT2D eigenvalue weighted by Crippen LogP contribution is -2.69. The summed E-state index contributed by atoms with van der Waals surface area (Å²) in [5, 5.41) is 3.35. The first kappa shape index (κ1) is 8.97. The van der Waals surface area contributed by atoms with Crippen LogP contribution in [-0.4, -0.2) is 38.4 Å². The standard InChI is InChI=1S/C9H15NO3/c1-12-8(11)7-6-10-9(7)2-4-13-5-3-9/h7,10H,2-6H2,1H3. The molecule has 2 saturated heterocycles. The van der Waals surface area contributed by atoms with Crippen molar-refractivity contribution in [3.8, 4) is 0 Å². The number of nitrogens with one attached hydrogen (secondary N) is 1. The first-order valence-corrected chi connectivity index (χ1v) is 4.69. The zero-order chi connectivity index (χ0) is 9.31. The lowest BCUT2D eigenvalue weighted by Gasteiger charge is -2.51. The molecule has 0 amide bonds. The fourth-order valence-corrected chi connectivity index (χ4v) is 2.20. The van der Waals surface area contributed by atoms with Gasteiger partial charge in [-0.05, 0) is 12.8 Å². The van der Waals surface area contributed by atoms with Gasteiger partial charge in [-0.1, -0.05) is 0 Å². The van der Waals surface area contributed by atoms with Gasteiger partial charge in [0.1, 0.15) is 0 Å². The molecule has 1 atom stereocenters. The molecule has 74 valence electrons.